The second kappa shape index (κ2) is 8.69. The van der Waals surface area contributed by atoms with Crippen molar-refractivity contribution >= 4 is 16.8 Å². The Morgan fingerprint density at radius 3 is 2.48 bits per heavy atom. The first-order chi connectivity index (χ1) is 13.8. The number of aromatic amines is 1. The van der Waals surface area contributed by atoms with Crippen LogP contribution in [0.1, 0.15) is 29.0 Å². The average Bonchev–Trinajstić information content (AvgIpc) is 3.09. The van der Waals surface area contributed by atoms with E-state index in [-0.39, 0.29) is 17.9 Å². The molecule has 4 nitrogen and oxygen atoms in total. The summed E-state index contributed by atoms with van der Waals surface area (Å²) in [5.41, 5.74) is 0.897. The Labute approximate surface area is 167 Å². The zero-order valence-corrected chi connectivity index (χ0v) is 16.4. The lowest BCUT2D eigenvalue weighted by atomic mass is 9.85. The zero-order valence-electron chi connectivity index (χ0n) is 16.4. The fourth-order valence-corrected chi connectivity index (χ4v) is 3.51. The zero-order chi connectivity index (χ0) is 21.0. The summed E-state index contributed by atoms with van der Waals surface area (Å²) in [4.78, 5) is 17.6. The van der Waals surface area contributed by atoms with Crippen LogP contribution < -0.4 is 5.32 Å². The highest BCUT2D eigenvalue weighted by molar-refractivity contribution is 5.86. The molecule has 3 rings (SSSR count). The third-order valence-electron chi connectivity index (χ3n) is 4.91. The molecule has 0 aliphatic rings. The van der Waals surface area contributed by atoms with Crippen LogP contribution in [0.5, 0.6) is 0 Å². The van der Waals surface area contributed by atoms with Crippen LogP contribution in [0.3, 0.4) is 0 Å². The smallest absolute Gasteiger partial charge is 0.361 e. The van der Waals surface area contributed by atoms with Crippen molar-refractivity contribution in [3.63, 3.8) is 0 Å². The number of likely N-dealkylation sites (N-methyl/N-ethyl adjacent to an activating group) is 1. The van der Waals surface area contributed by atoms with E-state index >= 15 is 0 Å². The number of carbonyl (C=O) groups excluding carboxylic acids is 1. The first kappa shape index (κ1) is 20.9. The lowest BCUT2D eigenvalue weighted by Gasteiger charge is -2.22. The molecule has 0 saturated carbocycles. The number of para-hydroxylation sites is 1. The molecular formula is C22H24F3N3O. The number of rotatable bonds is 7. The van der Waals surface area contributed by atoms with Gasteiger partial charge < -0.3 is 15.2 Å². The molecule has 0 saturated heterocycles. The molecule has 0 radical (unpaired) electrons. The van der Waals surface area contributed by atoms with Gasteiger partial charge >= 0.3 is 6.18 Å². The van der Waals surface area contributed by atoms with Gasteiger partial charge in [-0.1, -0.05) is 36.4 Å². The first-order valence-corrected chi connectivity index (χ1v) is 9.41. The van der Waals surface area contributed by atoms with Gasteiger partial charge in [0.1, 0.15) is 0 Å². The summed E-state index contributed by atoms with van der Waals surface area (Å²) in [6.07, 6.45) is -2.86. The number of carbonyl (C=O) groups is 1. The van der Waals surface area contributed by atoms with Crippen LogP contribution >= 0.6 is 0 Å². The van der Waals surface area contributed by atoms with E-state index in [1.165, 1.54) is 12.1 Å². The summed E-state index contributed by atoms with van der Waals surface area (Å²) >= 11 is 0. The highest BCUT2D eigenvalue weighted by atomic mass is 19.4. The van der Waals surface area contributed by atoms with E-state index in [0.717, 1.165) is 17.0 Å². The Bertz CT molecular complexity index is 979. The summed E-state index contributed by atoms with van der Waals surface area (Å²) in [5, 5.41) is 3.63. The molecule has 7 heteroatoms. The highest BCUT2D eigenvalue weighted by Crippen LogP contribution is 2.40. The van der Waals surface area contributed by atoms with E-state index in [4.69, 9.17) is 0 Å². The SMILES string of the molecule is CN(C)CCNC(=O)CC(c1ccccc1C(F)(F)F)c1c[nH]c2ccccc12. The number of fused-ring (bicyclic) bond motifs is 1. The Hall–Kier alpha value is -2.80. The van der Waals surface area contributed by atoms with Gasteiger partial charge in [0.2, 0.25) is 5.91 Å². The van der Waals surface area contributed by atoms with Crippen molar-refractivity contribution in [3.05, 3.63) is 71.4 Å². The quantitative estimate of drug-likeness (QED) is 0.615. The molecule has 0 bridgehead atoms. The first-order valence-electron chi connectivity index (χ1n) is 9.41. The number of benzene rings is 2. The number of nitrogens with zero attached hydrogens (tertiary/aromatic N) is 1. The standard InChI is InChI=1S/C22H24F3N3O/c1-28(2)12-11-26-21(29)13-17(15-7-3-5-9-19(15)22(23,24)25)18-14-27-20-10-6-4-8-16(18)20/h3-10,14,17,27H,11-13H2,1-2H3,(H,26,29). The fraction of sp³-hybridized carbons (Fsp3) is 0.318. The van der Waals surface area contributed by atoms with Crippen LogP contribution in [0, 0.1) is 0 Å². The van der Waals surface area contributed by atoms with Gasteiger partial charge in [-0.2, -0.15) is 13.2 Å². The predicted molar refractivity (Wildman–Crippen MR) is 108 cm³/mol. The molecule has 1 heterocycles. The third-order valence-corrected chi connectivity index (χ3v) is 4.91. The maximum Gasteiger partial charge on any atom is 0.416 e. The fourth-order valence-electron chi connectivity index (χ4n) is 3.51. The molecule has 3 aromatic rings. The lowest BCUT2D eigenvalue weighted by molar-refractivity contribution is -0.138. The van der Waals surface area contributed by atoms with Crippen LogP contribution in [0.15, 0.2) is 54.7 Å². The van der Waals surface area contributed by atoms with Crippen molar-refractivity contribution in [1.82, 2.24) is 15.2 Å². The van der Waals surface area contributed by atoms with Crippen LogP contribution in [0.25, 0.3) is 10.9 Å². The van der Waals surface area contributed by atoms with Gasteiger partial charge in [-0.25, -0.2) is 0 Å². The molecule has 2 aromatic carbocycles. The van der Waals surface area contributed by atoms with E-state index in [1.54, 1.807) is 12.3 Å². The van der Waals surface area contributed by atoms with E-state index in [2.05, 4.69) is 10.3 Å². The minimum absolute atomic E-state index is 0.0671. The van der Waals surface area contributed by atoms with Gasteiger partial charge in [0.25, 0.3) is 0 Å². The summed E-state index contributed by atoms with van der Waals surface area (Å²) in [6.45, 7) is 1.09. The van der Waals surface area contributed by atoms with Crippen molar-refractivity contribution in [1.29, 1.82) is 0 Å². The van der Waals surface area contributed by atoms with Gasteiger partial charge in [0.15, 0.2) is 0 Å². The van der Waals surface area contributed by atoms with E-state index in [1.807, 2.05) is 43.3 Å². The molecule has 154 valence electrons. The topological polar surface area (TPSA) is 48.1 Å². The molecule has 1 aromatic heterocycles. The van der Waals surface area contributed by atoms with Crippen molar-refractivity contribution in [2.75, 3.05) is 27.2 Å². The number of H-pyrrole nitrogens is 1. The van der Waals surface area contributed by atoms with Crippen molar-refractivity contribution in [3.8, 4) is 0 Å². The summed E-state index contributed by atoms with van der Waals surface area (Å²) in [5.74, 6) is -0.998. The number of amides is 1. The van der Waals surface area contributed by atoms with Crippen LogP contribution in [0.4, 0.5) is 13.2 Å². The van der Waals surface area contributed by atoms with E-state index in [9.17, 15) is 18.0 Å². The molecular weight excluding hydrogens is 379 g/mol. The van der Waals surface area contributed by atoms with Crippen LogP contribution in [-0.4, -0.2) is 43.0 Å². The normalized spacial score (nSPS) is 13.0. The maximum absolute atomic E-state index is 13.7. The minimum atomic E-state index is -4.50. The van der Waals surface area contributed by atoms with Crippen molar-refractivity contribution < 1.29 is 18.0 Å². The summed E-state index contributed by atoms with van der Waals surface area (Å²) in [7, 11) is 3.78. The number of aromatic nitrogens is 1. The van der Waals surface area contributed by atoms with E-state index in [0.29, 0.717) is 18.7 Å². The van der Waals surface area contributed by atoms with Crippen LogP contribution in [0.2, 0.25) is 0 Å². The van der Waals surface area contributed by atoms with Crippen molar-refractivity contribution in [2.45, 2.75) is 18.5 Å². The number of alkyl halides is 3. The van der Waals surface area contributed by atoms with Crippen molar-refractivity contribution in [2.24, 2.45) is 0 Å². The molecule has 0 fully saturated rings. The maximum atomic E-state index is 13.7. The lowest BCUT2D eigenvalue weighted by Crippen LogP contribution is -2.32. The molecule has 0 spiro atoms. The molecule has 0 aliphatic carbocycles. The summed E-state index contributed by atoms with van der Waals surface area (Å²) in [6, 6.07) is 12.9. The van der Waals surface area contributed by atoms with Gasteiger partial charge in [-0.15, -0.1) is 0 Å². The number of halogens is 3. The molecule has 1 amide bonds. The Balaban J connectivity index is 2.01. The van der Waals surface area contributed by atoms with Crippen LogP contribution in [-0.2, 0) is 11.0 Å². The predicted octanol–water partition coefficient (Wildman–Crippen LogP) is 4.39. The van der Waals surface area contributed by atoms with Gasteiger partial charge in [0, 0.05) is 42.5 Å². The highest BCUT2D eigenvalue weighted by Gasteiger charge is 2.36. The number of hydrogen-bond acceptors (Lipinski definition) is 2. The Morgan fingerprint density at radius 1 is 1.07 bits per heavy atom. The average molecular weight is 403 g/mol. The number of hydrogen-bond donors (Lipinski definition) is 2. The minimum Gasteiger partial charge on any atom is -0.361 e. The van der Waals surface area contributed by atoms with Gasteiger partial charge in [-0.3, -0.25) is 4.79 Å². The van der Waals surface area contributed by atoms with Gasteiger partial charge in [0.05, 0.1) is 5.56 Å². The van der Waals surface area contributed by atoms with E-state index < -0.39 is 17.7 Å². The molecule has 0 aliphatic heterocycles. The second-order valence-electron chi connectivity index (χ2n) is 7.28. The monoisotopic (exact) mass is 403 g/mol. The summed E-state index contributed by atoms with van der Waals surface area (Å²) < 4.78 is 41.0. The molecule has 1 atom stereocenters. The molecule has 1 unspecified atom stereocenters. The molecule has 29 heavy (non-hydrogen) atoms. The van der Waals surface area contributed by atoms with Gasteiger partial charge in [-0.05, 0) is 37.4 Å². The number of nitrogens with one attached hydrogen (secondary N) is 2. The second-order valence-corrected chi connectivity index (χ2v) is 7.28. The Kier molecular flexibility index (Phi) is 6.27. The molecule has 2 N–H and O–H groups in total. The largest absolute Gasteiger partial charge is 0.416 e. The Morgan fingerprint density at radius 2 is 1.76 bits per heavy atom. The third kappa shape index (κ3) is 4.98.